The number of carbonyl (C=O) groups is 3. The summed E-state index contributed by atoms with van der Waals surface area (Å²) in [4.78, 5) is 40.6. The molecule has 5 aromatic rings. The van der Waals surface area contributed by atoms with Crippen LogP contribution >= 0.6 is 23.4 Å². The number of hydrogen-bond acceptors (Lipinski definition) is 5. The molecule has 10 heteroatoms. The Labute approximate surface area is 280 Å². The molecule has 3 amide bonds. The Balaban J connectivity index is 1.33. The second-order valence-corrected chi connectivity index (χ2v) is 11.7. The van der Waals surface area contributed by atoms with Gasteiger partial charge < -0.3 is 20.7 Å². The number of nitrogens with one attached hydrogen (secondary N) is 3. The Bertz CT molecular complexity index is 1890. The van der Waals surface area contributed by atoms with Gasteiger partial charge in [-0.1, -0.05) is 72.3 Å². The minimum atomic E-state index is -0.646. The Morgan fingerprint density at radius 3 is 2.06 bits per heavy atom. The zero-order valence-electron chi connectivity index (χ0n) is 25.1. The van der Waals surface area contributed by atoms with Gasteiger partial charge in [0.25, 0.3) is 11.8 Å². The third-order valence-corrected chi connectivity index (χ3v) is 8.41. The van der Waals surface area contributed by atoms with E-state index in [4.69, 9.17) is 16.3 Å². The van der Waals surface area contributed by atoms with E-state index in [1.54, 1.807) is 92.0 Å². The summed E-state index contributed by atoms with van der Waals surface area (Å²) in [6.07, 6.45) is 1.58. The molecule has 5 aromatic carbocycles. The highest BCUT2D eigenvalue weighted by Gasteiger charge is 2.23. The lowest BCUT2D eigenvalue weighted by molar-refractivity contribution is -0.116. The van der Waals surface area contributed by atoms with Crippen molar-refractivity contribution in [3.8, 4) is 5.75 Å². The van der Waals surface area contributed by atoms with Gasteiger partial charge in [-0.25, -0.2) is 4.39 Å². The Morgan fingerprint density at radius 1 is 0.787 bits per heavy atom. The quantitative estimate of drug-likeness (QED) is 0.0973. The maximum atomic E-state index is 13.7. The van der Waals surface area contributed by atoms with Gasteiger partial charge in [-0.2, -0.15) is 0 Å². The number of rotatable bonds is 11. The highest BCUT2D eigenvalue weighted by molar-refractivity contribution is 8.00. The van der Waals surface area contributed by atoms with Gasteiger partial charge in [0, 0.05) is 21.8 Å². The molecule has 7 nitrogen and oxygen atoms in total. The smallest absolute Gasteiger partial charge is 0.272 e. The highest BCUT2D eigenvalue weighted by Crippen LogP contribution is 2.37. The SMILES string of the molecule is COc1ccc(/C=C(\NC(=O)c2ccccc2)C(=O)Nc2ccc(SC(C(=O)Nc3ccc(F)c(Cl)c3)c3ccccc3)cc2)cc1. The third-order valence-electron chi connectivity index (χ3n) is 6.85. The summed E-state index contributed by atoms with van der Waals surface area (Å²) < 4.78 is 18.9. The van der Waals surface area contributed by atoms with Crippen molar-refractivity contribution in [3.05, 3.63) is 161 Å². The fourth-order valence-corrected chi connectivity index (χ4v) is 5.65. The molecule has 47 heavy (non-hydrogen) atoms. The van der Waals surface area contributed by atoms with Crippen molar-refractivity contribution in [2.24, 2.45) is 0 Å². The standard InChI is InChI=1S/C37H29ClFN3O4S/c1-46-29-17-12-24(13-18-29)22-33(42-35(43)26-10-6-3-7-11-26)36(44)40-27-14-19-30(20-15-27)47-34(25-8-4-2-5-9-25)37(45)41-28-16-21-32(39)31(38)23-28/h2-23,34H,1H3,(H,40,44)(H,41,45)(H,42,43)/b33-22-. The van der Waals surface area contributed by atoms with E-state index in [0.29, 0.717) is 28.3 Å². The van der Waals surface area contributed by atoms with E-state index in [-0.39, 0.29) is 16.6 Å². The molecule has 0 aromatic heterocycles. The van der Waals surface area contributed by atoms with E-state index in [0.717, 1.165) is 10.5 Å². The number of amides is 3. The summed E-state index contributed by atoms with van der Waals surface area (Å²) in [5.41, 5.74) is 2.76. The zero-order chi connectivity index (χ0) is 33.2. The molecule has 1 unspecified atom stereocenters. The van der Waals surface area contributed by atoms with E-state index >= 15 is 0 Å². The fraction of sp³-hybridized carbons (Fsp3) is 0.0541. The maximum Gasteiger partial charge on any atom is 0.272 e. The van der Waals surface area contributed by atoms with E-state index in [9.17, 15) is 18.8 Å². The monoisotopic (exact) mass is 665 g/mol. The lowest BCUT2D eigenvalue weighted by atomic mass is 10.1. The predicted octanol–water partition coefficient (Wildman–Crippen LogP) is 8.37. The van der Waals surface area contributed by atoms with Crippen LogP contribution in [0.3, 0.4) is 0 Å². The van der Waals surface area contributed by atoms with Crippen LogP contribution in [0.5, 0.6) is 5.75 Å². The van der Waals surface area contributed by atoms with Crippen molar-refractivity contribution in [2.45, 2.75) is 10.1 Å². The van der Waals surface area contributed by atoms with Crippen LogP contribution in [-0.2, 0) is 9.59 Å². The van der Waals surface area contributed by atoms with Crippen molar-refractivity contribution in [1.82, 2.24) is 5.32 Å². The Morgan fingerprint density at radius 2 is 1.43 bits per heavy atom. The molecule has 0 heterocycles. The molecule has 0 radical (unpaired) electrons. The lowest BCUT2D eigenvalue weighted by Crippen LogP contribution is -2.30. The number of halogens is 2. The molecule has 0 saturated heterocycles. The van der Waals surface area contributed by atoms with Gasteiger partial charge in [0.1, 0.15) is 22.5 Å². The molecular weight excluding hydrogens is 637 g/mol. The van der Waals surface area contributed by atoms with E-state index in [2.05, 4.69) is 16.0 Å². The number of carbonyl (C=O) groups excluding carboxylic acids is 3. The molecule has 0 aliphatic rings. The number of anilines is 2. The van der Waals surface area contributed by atoms with Crippen molar-refractivity contribution in [2.75, 3.05) is 17.7 Å². The largest absolute Gasteiger partial charge is 0.497 e. The molecular formula is C37H29ClFN3O4S. The maximum absolute atomic E-state index is 13.7. The summed E-state index contributed by atoms with van der Waals surface area (Å²) >= 11 is 7.22. The van der Waals surface area contributed by atoms with Crippen molar-refractivity contribution in [3.63, 3.8) is 0 Å². The van der Waals surface area contributed by atoms with Crippen LogP contribution in [0.2, 0.25) is 5.02 Å². The summed E-state index contributed by atoms with van der Waals surface area (Å²) in [5, 5.41) is 7.65. The third kappa shape index (κ3) is 9.09. The van der Waals surface area contributed by atoms with Gasteiger partial charge >= 0.3 is 0 Å². The second kappa shape index (κ2) is 15.8. The van der Waals surface area contributed by atoms with Crippen molar-refractivity contribution < 1.29 is 23.5 Å². The van der Waals surface area contributed by atoms with E-state index in [1.807, 2.05) is 30.3 Å². The summed E-state index contributed by atoms with van der Waals surface area (Å²) in [6.45, 7) is 0. The van der Waals surface area contributed by atoms with Gasteiger partial charge in [0.15, 0.2) is 0 Å². The normalized spacial score (nSPS) is 11.7. The van der Waals surface area contributed by atoms with Crippen LogP contribution in [0, 0.1) is 5.82 Å². The first-order chi connectivity index (χ1) is 22.8. The number of methoxy groups -OCH3 is 1. The van der Waals surface area contributed by atoms with Gasteiger partial charge in [0.2, 0.25) is 5.91 Å². The summed E-state index contributed by atoms with van der Waals surface area (Å²) in [6, 6.07) is 35.9. The van der Waals surface area contributed by atoms with Crippen LogP contribution < -0.4 is 20.7 Å². The first-order valence-electron chi connectivity index (χ1n) is 14.4. The summed E-state index contributed by atoms with van der Waals surface area (Å²) in [7, 11) is 1.56. The molecule has 1 atom stereocenters. The predicted molar refractivity (Wildman–Crippen MR) is 185 cm³/mol. The van der Waals surface area contributed by atoms with E-state index in [1.165, 1.54) is 30.0 Å². The lowest BCUT2D eigenvalue weighted by Gasteiger charge is -2.18. The van der Waals surface area contributed by atoms with E-state index < -0.39 is 22.9 Å². The average molecular weight is 666 g/mol. The number of benzene rings is 5. The fourth-order valence-electron chi connectivity index (χ4n) is 4.44. The number of hydrogen-bond donors (Lipinski definition) is 3. The molecule has 236 valence electrons. The van der Waals surface area contributed by atoms with Crippen molar-refractivity contribution in [1.29, 1.82) is 0 Å². The van der Waals surface area contributed by atoms with Gasteiger partial charge in [-0.15, -0.1) is 11.8 Å². The Kier molecular flexibility index (Phi) is 11.1. The molecule has 0 aliphatic heterocycles. The molecule has 0 aliphatic carbocycles. The Hall–Kier alpha value is -5.38. The van der Waals surface area contributed by atoms with Crippen molar-refractivity contribution >= 4 is 58.5 Å². The first kappa shape index (κ1) is 33.0. The minimum Gasteiger partial charge on any atom is -0.497 e. The van der Waals surface area contributed by atoms with Gasteiger partial charge in [-0.3, -0.25) is 14.4 Å². The first-order valence-corrected chi connectivity index (χ1v) is 15.7. The van der Waals surface area contributed by atoms with Crippen LogP contribution in [0.25, 0.3) is 6.08 Å². The molecule has 0 spiro atoms. The molecule has 5 rings (SSSR count). The van der Waals surface area contributed by atoms with Gasteiger partial charge in [0.05, 0.1) is 12.1 Å². The molecule has 3 N–H and O–H groups in total. The molecule has 0 fully saturated rings. The number of ether oxygens (including phenoxy) is 1. The molecule has 0 bridgehead atoms. The summed E-state index contributed by atoms with van der Waals surface area (Å²) in [5.74, 6) is -1.19. The topological polar surface area (TPSA) is 96.5 Å². The average Bonchev–Trinajstić information content (AvgIpc) is 3.10. The van der Waals surface area contributed by atoms with Crippen LogP contribution in [0.1, 0.15) is 26.7 Å². The minimum absolute atomic E-state index is 0.0455. The zero-order valence-corrected chi connectivity index (χ0v) is 26.6. The van der Waals surface area contributed by atoms with Crippen LogP contribution in [-0.4, -0.2) is 24.8 Å². The second-order valence-electron chi connectivity index (χ2n) is 10.2. The van der Waals surface area contributed by atoms with Gasteiger partial charge in [-0.05, 0) is 83.9 Å². The number of thioether (sulfide) groups is 1. The molecule has 0 saturated carbocycles. The van der Waals surface area contributed by atoms with Crippen LogP contribution in [0.4, 0.5) is 15.8 Å². The highest BCUT2D eigenvalue weighted by atomic mass is 35.5. The van der Waals surface area contributed by atoms with Crippen LogP contribution in [0.15, 0.2) is 138 Å².